The van der Waals surface area contributed by atoms with Crippen LogP contribution >= 0.6 is 0 Å². The fourth-order valence-corrected chi connectivity index (χ4v) is 3.01. The van der Waals surface area contributed by atoms with Gasteiger partial charge in [-0.15, -0.1) is 0 Å². The molecule has 3 aromatic rings. The molecular formula is C25H24N2O5. The number of benzene rings is 3. The molecule has 0 atom stereocenters. The lowest BCUT2D eigenvalue weighted by Gasteiger charge is -2.13. The highest BCUT2D eigenvalue weighted by molar-refractivity contribution is 6.05. The van der Waals surface area contributed by atoms with E-state index >= 15 is 0 Å². The third kappa shape index (κ3) is 5.95. The quantitative estimate of drug-likeness (QED) is 0.416. The van der Waals surface area contributed by atoms with Crippen molar-refractivity contribution < 1.29 is 23.9 Å². The van der Waals surface area contributed by atoms with Gasteiger partial charge >= 0.3 is 6.16 Å². The van der Waals surface area contributed by atoms with Gasteiger partial charge in [0.05, 0.1) is 6.61 Å². The second-order valence-corrected chi connectivity index (χ2v) is 6.92. The van der Waals surface area contributed by atoms with Crippen LogP contribution < -0.4 is 15.4 Å². The lowest BCUT2D eigenvalue weighted by Crippen LogP contribution is -2.24. The summed E-state index contributed by atoms with van der Waals surface area (Å²) in [5.74, 6) is -0.226. The molecule has 0 aliphatic heterocycles. The molecule has 7 nitrogen and oxygen atoms in total. The molecule has 3 rings (SSSR count). The highest BCUT2D eigenvalue weighted by Crippen LogP contribution is 2.18. The number of anilines is 1. The van der Waals surface area contributed by atoms with Crippen molar-refractivity contribution in [3.63, 3.8) is 0 Å². The highest BCUT2D eigenvalue weighted by atomic mass is 16.7. The first-order chi connectivity index (χ1) is 15.5. The van der Waals surface area contributed by atoms with E-state index in [4.69, 9.17) is 9.47 Å². The molecular weight excluding hydrogens is 408 g/mol. The van der Waals surface area contributed by atoms with E-state index in [1.165, 1.54) is 12.1 Å². The maximum Gasteiger partial charge on any atom is 0.513 e. The van der Waals surface area contributed by atoms with Crippen LogP contribution in [0.4, 0.5) is 10.5 Å². The summed E-state index contributed by atoms with van der Waals surface area (Å²) in [5, 5.41) is 5.75. The molecule has 2 amide bonds. The Morgan fingerprint density at radius 1 is 0.844 bits per heavy atom. The molecule has 32 heavy (non-hydrogen) atoms. The minimum Gasteiger partial charge on any atom is -0.434 e. The number of amides is 2. The van der Waals surface area contributed by atoms with Gasteiger partial charge in [0.2, 0.25) is 0 Å². The van der Waals surface area contributed by atoms with Crippen LogP contribution in [0.3, 0.4) is 0 Å². The maximum atomic E-state index is 12.7. The zero-order valence-electron chi connectivity index (χ0n) is 17.9. The van der Waals surface area contributed by atoms with Crippen LogP contribution in [-0.4, -0.2) is 24.6 Å². The second-order valence-electron chi connectivity index (χ2n) is 6.92. The minimum absolute atomic E-state index is 0.209. The first-order valence-corrected chi connectivity index (χ1v) is 10.2. The number of carbonyl (C=O) groups is 3. The molecule has 164 valence electrons. The molecule has 0 radical (unpaired) electrons. The first-order valence-electron chi connectivity index (χ1n) is 10.2. The number of hydrogen-bond donors (Lipinski definition) is 2. The van der Waals surface area contributed by atoms with Gasteiger partial charge < -0.3 is 20.1 Å². The topological polar surface area (TPSA) is 93.7 Å². The summed E-state index contributed by atoms with van der Waals surface area (Å²) in [6.07, 6.45) is -0.797. The monoisotopic (exact) mass is 432 g/mol. The minimum atomic E-state index is -0.797. The van der Waals surface area contributed by atoms with Crippen LogP contribution in [0.15, 0.2) is 72.8 Å². The van der Waals surface area contributed by atoms with Gasteiger partial charge in [0, 0.05) is 23.4 Å². The van der Waals surface area contributed by atoms with Crippen molar-refractivity contribution >= 4 is 23.7 Å². The summed E-state index contributed by atoms with van der Waals surface area (Å²) in [4.78, 5) is 36.5. The Bertz CT molecular complexity index is 1110. The van der Waals surface area contributed by atoms with Crippen LogP contribution in [-0.2, 0) is 11.3 Å². The third-order valence-corrected chi connectivity index (χ3v) is 4.67. The van der Waals surface area contributed by atoms with Crippen LogP contribution in [0.25, 0.3) is 0 Å². The third-order valence-electron chi connectivity index (χ3n) is 4.67. The molecule has 0 aliphatic rings. The molecule has 0 aliphatic carbocycles. The number of ether oxygens (including phenoxy) is 2. The van der Waals surface area contributed by atoms with Crippen LogP contribution in [0.5, 0.6) is 5.75 Å². The second kappa shape index (κ2) is 10.8. The van der Waals surface area contributed by atoms with Gasteiger partial charge in [-0.25, -0.2) is 4.79 Å². The summed E-state index contributed by atoms with van der Waals surface area (Å²) >= 11 is 0. The maximum absolute atomic E-state index is 12.7. The van der Waals surface area contributed by atoms with Gasteiger partial charge in [-0.05, 0) is 61.4 Å². The van der Waals surface area contributed by atoms with E-state index in [1.807, 2.05) is 43.3 Å². The van der Waals surface area contributed by atoms with Crippen molar-refractivity contribution in [2.24, 2.45) is 0 Å². The Morgan fingerprint density at radius 3 is 2.25 bits per heavy atom. The lowest BCUT2D eigenvalue weighted by molar-refractivity contribution is 0.0950. The van der Waals surface area contributed by atoms with E-state index in [9.17, 15) is 14.4 Å². The number of carbonyl (C=O) groups excluding carboxylic acids is 3. The fourth-order valence-electron chi connectivity index (χ4n) is 3.01. The average Bonchev–Trinajstić information content (AvgIpc) is 2.79. The number of para-hydroxylation sites is 1. The SMILES string of the molecule is CCOC(=O)Oc1ccc(C(=O)NCc2ccccc2NC(=O)c2ccccc2C)cc1. The van der Waals surface area contributed by atoms with E-state index in [2.05, 4.69) is 10.6 Å². The normalized spacial score (nSPS) is 10.2. The average molecular weight is 432 g/mol. The molecule has 7 heteroatoms. The predicted molar refractivity (Wildman–Crippen MR) is 121 cm³/mol. The number of hydrogen-bond acceptors (Lipinski definition) is 5. The number of aryl methyl sites for hydroxylation is 1. The van der Waals surface area contributed by atoms with Gasteiger partial charge in [-0.2, -0.15) is 0 Å². The van der Waals surface area contributed by atoms with Gasteiger partial charge in [0.15, 0.2) is 0 Å². The van der Waals surface area contributed by atoms with E-state index in [-0.39, 0.29) is 30.7 Å². The Kier molecular flexibility index (Phi) is 7.59. The molecule has 0 fully saturated rings. The Hall–Kier alpha value is -4.13. The summed E-state index contributed by atoms with van der Waals surface area (Å²) in [7, 11) is 0. The van der Waals surface area contributed by atoms with E-state index in [1.54, 1.807) is 31.2 Å². The zero-order valence-corrected chi connectivity index (χ0v) is 17.9. The predicted octanol–water partition coefficient (Wildman–Crippen LogP) is 4.71. The summed E-state index contributed by atoms with van der Waals surface area (Å²) in [6, 6.07) is 20.8. The van der Waals surface area contributed by atoms with Crippen LogP contribution in [0, 0.1) is 6.92 Å². The van der Waals surface area contributed by atoms with Gasteiger partial charge in [0.25, 0.3) is 11.8 Å². The first kappa shape index (κ1) is 22.6. The Labute approximate surface area is 186 Å². The Morgan fingerprint density at radius 2 is 1.53 bits per heavy atom. The molecule has 0 bridgehead atoms. The molecule has 0 aromatic heterocycles. The van der Waals surface area contributed by atoms with Crippen LogP contribution in [0.1, 0.15) is 38.8 Å². The molecule has 3 aromatic carbocycles. The van der Waals surface area contributed by atoms with E-state index in [0.29, 0.717) is 16.8 Å². The fraction of sp³-hybridized carbons (Fsp3) is 0.160. The van der Waals surface area contributed by atoms with Gasteiger partial charge in [-0.3, -0.25) is 9.59 Å². The van der Waals surface area contributed by atoms with Crippen LogP contribution in [0.2, 0.25) is 0 Å². The van der Waals surface area contributed by atoms with Crippen molar-refractivity contribution in [3.05, 3.63) is 95.1 Å². The summed E-state index contributed by atoms with van der Waals surface area (Å²) in [5.41, 5.74) is 3.27. The molecule has 2 N–H and O–H groups in total. The molecule has 0 saturated heterocycles. The van der Waals surface area contributed by atoms with Crippen molar-refractivity contribution in [3.8, 4) is 5.75 Å². The zero-order chi connectivity index (χ0) is 22.9. The highest BCUT2D eigenvalue weighted by Gasteiger charge is 2.12. The molecule has 0 spiro atoms. The Balaban J connectivity index is 1.62. The molecule has 0 heterocycles. The van der Waals surface area contributed by atoms with Gasteiger partial charge in [0.1, 0.15) is 5.75 Å². The molecule has 0 saturated carbocycles. The standard InChI is InChI=1S/C25H24N2O5/c1-3-31-25(30)32-20-14-12-18(13-15-20)23(28)26-16-19-9-5-7-11-22(19)27-24(29)21-10-6-4-8-17(21)2/h4-15H,3,16H2,1-2H3,(H,26,28)(H,27,29). The summed E-state index contributed by atoms with van der Waals surface area (Å²) in [6.45, 7) is 4.00. The van der Waals surface area contributed by atoms with E-state index < -0.39 is 6.16 Å². The van der Waals surface area contributed by atoms with Crippen molar-refractivity contribution in [1.29, 1.82) is 0 Å². The largest absolute Gasteiger partial charge is 0.513 e. The van der Waals surface area contributed by atoms with Gasteiger partial charge in [-0.1, -0.05) is 36.4 Å². The van der Waals surface area contributed by atoms with E-state index in [0.717, 1.165) is 11.1 Å². The molecule has 0 unspecified atom stereocenters. The smallest absolute Gasteiger partial charge is 0.434 e. The number of rotatable bonds is 7. The summed E-state index contributed by atoms with van der Waals surface area (Å²) < 4.78 is 9.70. The van der Waals surface area contributed by atoms with Crippen molar-refractivity contribution in [2.45, 2.75) is 20.4 Å². The van der Waals surface area contributed by atoms with Crippen molar-refractivity contribution in [2.75, 3.05) is 11.9 Å². The van der Waals surface area contributed by atoms with Crippen molar-refractivity contribution in [1.82, 2.24) is 5.32 Å². The number of nitrogens with one attached hydrogen (secondary N) is 2. The lowest BCUT2D eigenvalue weighted by atomic mass is 10.1.